The van der Waals surface area contributed by atoms with Crippen LogP contribution in [-0.4, -0.2) is 31.8 Å². The second-order valence-corrected chi connectivity index (χ2v) is 3.11. The van der Waals surface area contributed by atoms with E-state index in [0.717, 1.165) is 5.69 Å². The summed E-state index contributed by atoms with van der Waals surface area (Å²) >= 11 is 0. The topological polar surface area (TPSA) is 48.4 Å². The molecule has 0 radical (unpaired) electrons. The molecule has 1 rings (SSSR count). The summed E-state index contributed by atoms with van der Waals surface area (Å²) in [5.74, 6) is -0.609. The number of carbonyl (C=O) groups excluding carboxylic acids is 1. The summed E-state index contributed by atoms with van der Waals surface area (Å²) in [6.07, 6.45) is 2.25. The Hall–Kier alpha value is -1.42. The third-order valence-corrected chi connectivity index (χ3v) is 2.14. The van der Waals surface area contributed by atoms with Crippen molar-refractivity contribution in [3.05, 3.63) is 30.1 Å². The van der Waals surface area contributed by atoms with Crippen LogP contribution in [0.3, 0.4) is 0 Å². The molecule has 0 aliphatic rings. The van der Waals surface area contributed by atoms with Gasteiger partial charge in [0.2, 0.25) is 0 Å². The van der Waals surface area contributed by atoms with Crippen molar-refractivity contribution in [3.63, 3.8) is 0 Å². The summed E-state index contributed by atoms with van der Waals surface area (Å²) in [6, 6.07) is 5.48. The fraction of sp³-hybridized carbons (Fsp3) is 0.455. The molecule has 1 heterocycles. The molecule has 0 unspecified atom stereocenters. The SMILES string of the molecule is COCC[C@@H](C(=O)OC)c1ccccn1. The first kappa shape index (κ1) is 11.7. The molecule has 0 saturated carbocycles. The van der Waals surface area contributed by atoms with Crippen LogP contribution in [0.5, 0.6) is 0 Å². The number of methoxy groups -OCH3 is 2. The summed E-state index contributed by atoms with van der Waals surface area (Å²) in [5, 5.41) is 0. The van der Waals surface area contributed by atoms with Gasteiger partial charge in [-0.3, -0.25) is 9.78 Å². The molecule has 0 amide bonds. The first-order valence-electron chi connectivity index (χ1n) is 4.77. The molecule has 15 heavy (non-hydrogen) atoms. The van der Waals surface area contributed by atoms with Crippen molar-refractivity contribution in [2.24, 2.45) is 0 Å². The molecular weight excluding hydrogens is 194 g/mol. The average Bonchev–Trinajstić information content (AvgIpc) is 2.30. The molecule has 0 aliphatic heterocycles. The standard InChI is InChI=1S/C11H15NO3/c1-14-8-6-9(11(13)15-2)10-5-3-4-7-12-10/h3-5,7,9H,6,8H2,1-2H3/t9-/m1/s1. The van der Waals surface area contributed by atoms with Crippen LogP contribution in [0.2, 0.25) is 0 Å². The fourth-order valence-corrected chi connectivity index (χ4v) is 1.35. The third-order valence-electron chi connectivity index (χ3n) is 2.14. The Morgan fingerprint density at radius 3 is 2.80 bits per heavy atom. The predicted molar refractivity (Wildman–Crippen MR) is 55.5 cm³/mol. The lowest BCUT2D eigenvalue weighted by Crippen LogP contribution is -2.17. The van der Waals surface area contributed by atoms with Crippen LogP contribution in [0.15, 0.2) is 24.4 Å². The van der Waals surface area contributed by atoms with Gasteiger partial charge in [-0.15, -0.1) is 0 Å². The molecule has 0 spiro atoms. The average molecular weight is 209 g/mol. The lowest BCUT2D eigenvalue weighted by Gasteiger charge is -2.13. The highest BCUT2D eigenvalue weighted by molar-refractivity contribution is 5.77. The van der Waals surface area contributed by atoms with Crippen molar-refractivity contribution in [1.29, 1.82) is 0 Å². The highest BCUT2D eigenvalue weighted by atomic mass is 16.5. The van der Waals surface area contributed by atoms with Gasteiger partial charge in [0.05, 0.1) is 12.8 Å². The number of carbonyl (C=O) groups is 1. The maximum absolute atomic E-state index is 11.5. The Labute approximate surface area is 89.2 Å². The molecule has 1 aromatic rings. The zero-order valence-electron chi connectivity index (χ0n) is 8.97. The molecule has 82 valence electrons. The lowest BCUT2D eigenvalue weighted by atomic mass is 10.0. The van der Waals surface area contributed by atoms with Crippen LogP contribution in [0.4, 0.5) is 0 Å². The van der Waals surface area contributed by atoms with Crippen molar-refractivity contribution in [3.8, 4) is 0 Å². The first-order valence-corrected chi connectivity index (χ1v) is 4.77. The highest BCUT2D eigenvalue weighted by Gasteiger charge is 2.21. The van der Waals surface area contributed by atoms with Crippen molar-refractivity contribution in [1.82, 2.24) is 4.98 Å². The van der Waals surface area contributed by atoms with E-state index < -0.39 is 0 Å². The van der Waals surface area contributed by atoms with E-state index in [0.29, 0.717) is 13.0 Å². The summed E-state index contributed by atoms with van der Waals surface area (Å²) in [7, 11) is 2.98. The zero-order chi connectivity index (χ0) is 11.1. The first-order chi connectivity index (χ1) is 7.29. The van der Waals surface area contributed by atoms with Gasteiger partial charge in [-0.25, -0.2) is 0 Å². The van der Waals surface area contributed by atoms with Gasteiger partial charge < -0.3 is 9.47 Å². The Morgan fingerprint density at radius 1 is 1.47 bits per heavy atom. The number of ether oxygens (including phenoxy) is 2. The number of rotatable bonds is 5. The lowest BCUT2D eigenvalue weighted by molar-refractivity contribution is -0.143. The van der Waals surface area contributed by atoms with E-state index in [1.807, 2.05) is 18.2 Å². The van der Waals surface area contributed by atoms with Crippen LogP contribution in [0.25, 0.3) is 0 Å². The van der Waals surface area contributed by atoms with E-state index in [1.54, 1.807) is 13.3 Å². The summed E-state index contributed by atoms with van der Waals surface area (Å²) in [5.41, 5.74) is 0.724. The Kier molecular flexibility index (Phi) is 4.77. The van der Waals surface area contributed by atoms with Gasteiger partial charge in [0, 0.05) is 19.9 Å². The normalized spacial score (nSPS) is 12.1. The van der Waals surface area contributed by atoms with Gasteiger partial charge >= 0.3 is 5.97 Å². The molecule has 4 nitrogen and oxygen atoms in total. The molecule has 1 aromatic heterocycles. The maximum Gasteiger partial charge on any atom is 0.314 e. The van der Waals surface area contributed by atoms with Crippen LogP contribution in [0.1, 0.15) is 18.0 Å². The van der Waals surface area contributed by atoms with E-state index in [2.05, 4.69) is 4.98 Å². The molecule has 0 bridgehead atoms. The van der Waals surface area contributed by atoms with Gasteiger partial charge in [-0.1, -0.05) is 6.07 Å². The molecule has 4 heteroatoms. The number of hydrogen-bond donors (Lipinski definition) is 0. The van der Waals surface area contributed by atoms with Crippen molar-refractivity contribution < 1.29 is 14.3 Å². The molecule has 1 atom stereocenters. The number of hydrogen-bond acceptors (Lipinski definition) is 4. The second kappa shape index (κ2) is 6.14. The molecule has 0 fully saturated rings. The van der Waals surface area contributed by atoms with Crippen molar-refractivity contribution in [2.45, 2.75) is 12.3 Å². The summed E-state index contributed by atoms with van der Waals surface area (Å²) < 4.78 is 9.68. The molecule has 0 aromatic carbocycles. The van der Waals surface area contributed by atoms with E-state index in [1.165, 1.54) is 7.11 Å². The number of esters is 1. The fourth-order valence-electron chi connectivity index (χ4n) is 1.35. The minimum atomic E-state index is -0.337. The highest BCUT2D eigenvalue weighted by Crippen LogP contribution is 2.18. The van der Waals surface area contributed by atoms with Gasteiger partial charge in [-0.05, 0) is 18.6 Å². The molecule has 0 N–H and O–H groups in total. The maximum atomic E-state index is 11.5. The van der Waals surface area contributed by atoms with Crippen LogP contribution < -0.4 is 0 Å². The predicted octanol–water partition coefficient (Wildman–Crippen LogP) is 1.37. The monoisotopic (exact) mass is 209 g/mol. The minimum absolute atomic E-state index is 0.272. The Bertz CT molecular complexity index is 300. The third kappa shape index (κ3) is 3.32. The van der Waals surface area contributed by atoms with Gasteiger partial charge in [0.25, 0.3) is 0 Å². The summed E-state index contributed by atoms with van der Waals surface area (Å²) in [6.45, 7) is 0.510. The van der Waals surface area contributed by atoms with Gasteiger partial charge in [-0.2, -0.15) is 0 Å². The molecular formula is C11H15NO3. The van der Waals surface area contributed by atoms with E-state index in [-0.39, 0.29) is 11.9 Å². The van der Waals surface area contributed by atoms with E-state index >= 15 is 0 Å². The Balaban J connectivity index is 2.76. The molecule has 0 saturated heterocycles. The number of pyridine rings is 1. The van der Waals surface area contributed by atoms with E-state index in [9.17, 15) is 4.79 Å². The van der Waals surface area contributed by atoms with Crippen LogP contribution >= 0.6 is 0 Å². The number of nitrogens with zero attached hydrogens (tertiary/aromatic N) is 1. The number of aromatic nitrogens is 1. The van der Waals surface area contributed by atoms with Gasteiger partial charge in [0.15, 0.2) is 0 Å². The smallest absolute Gasteiger partial charge is 0.314 e. The van der Waals surface area contributed by atoms with Crippen LogP contribution in [0, 0.1) is 0 Å². The quantitative estimate of drug-likeness (QED) is 0.687. The largest absolute Gasteiger partial charge is 0.469 e. The summed E-state index contributed by atoms with van der Waals surface area (Å²) in [4.78, 5) is 15.6. The van der Waals surface area contributed by atoms with Crippen molar-refractivity contribution in [2.75, 3.05) is 20.8 Å². The van der Waals surface area contributed by atoms with Crippen molar-refractivity contribution >= 4 is 5.97 Å². The van der Waals surface area contributed by atoms with E-state index in [4.69, 9.17) is 9.47 Å². The Morgan fingerprint density at radius 2 is 2.27 bits per heavy atom. The van der Waals surface area contributed by atoms with Crippen LogP contribution in [-0.2, 0) is 14.3 Å². The minimum Gasteiger partial charge on any atom is -0.469 e. The molecule has 0 aliphatic carbocycles. The zero-order valence-corrected chi connectivity index (χ0v) is 8.97. The second-order valence-electron chi connectivity index (χ2n) is 3.11. The van der Waals surface area contributed by atoms with Gasteiger partial charge in [0.1, 0.15) is 5.92 Å².